The average molecular weight is 912 g/mol. The van der Waals surface area contributed by atoms with Crippen LogP contribution < -0.4 is 28.8 Å². The van der Waals surface area contributed by atoms with Crippen LogP contribution in [0.5, 0.6) is 0 Å². The Morgan fingerprint density at radius 3 is 0.639 bits per heavy atom. The van der Waals surface area contributed by atoms with Gasteiger partial charge < -0.3 is 54.9 Å². The summed E-state index contributed by atoms with van der Waals surface area (Å²) in [5, 5.41) is 25.2. The molecule has 19 heteroatoms. The van der Waals surface area contributed by atoms with E-state index in [1.807, 2.05) is 97.2 Å². The summed E-state index contributed by atoms with van der Waals surface area (Å²) in [6.07, 6.45) is 15.1. The summed E-state index contributed by atoms with van der Waals surface area (Å²) in [6, 6.07) is 15.3. The summed E-state index contributed by atoms with van der Waals surface area (Å²) in [5.74, 6) is 0. The van der Waals surface area contributed by atoms with E-state index in [-0.39, 0.29) is 0 Å². The maximum absolute atomic E-state index is 8.42. The fraction of sp³-hybridized carbons (Fsp3) is 0.643. The lowest BCUT2D eigenvalue weighted by Gasteiger charge is -2.35. The summed E-state index contributed by atoms with van der Waals surface area (Å²) >= 11 is 0. The number of rotatable bonds is 27. The lowest BCUT2D eigenvalue weighted by atomic mass is 10.2. The number of aryl methyl sites for hydroxylation is 6. The van der Waals surface area contributed by atoms with E-state index in [9.17, 15) is 0 Å². The molecule has 0 fully saturated rings. The fourth-order valence-corrected chi connectivity index (χ4v) is 13.8. The quantitative estimate of drug-likeness (QED) is 0.0813. The van der Waals surface area contributed by atoms with Gasteiger partial charge in [0.1, 0.15) is 21.1 Å². The zero-order valence-corrected chi connectivity index (χ0v) is 42.4. The molecule has 0 radical (unpaired) electrons. The van der Waals surface area contributed by atoms with E-state index < -0.39 is 33.7 Å². The van der Waals surface area contributed by atoms with Gasteiger partial charge in [-0.3, -0.25) is 7.32 Å². The highest BCUT2D eigenvalue weighted by Gasteiger charge is 2.41. The standard InChI is InChI=1S/3C14H26NO3Si.BO3/c3*1-5-16-19(17-6-2,18-7-3)13-10-14-8-11-15(4)12-9-14;2-1(3)4/h3*8-9,11-12H,5-7,10,13H2,1-4H3;/q3*+1;-3. The summed E-state index contributed by atoms with van der Waals surface area (Å²) in [4.78, 5) is 0. The molecular formula is C42H78BN3O12Si3. The highest BCUT2D eigenvalue weighted by atomic mass is 28.4. The molecule has 0 atom stereocenters. The highest BCUT2D eigenvalue weighted by molar-refractivity contribution is 6.61. The summed E-state index contributed by atoms with van der Waals surface area (Å²) in [5.41, 5.74) is 3.86. The summed E-state index contributed by atoms with van der Waals surface area (Å²) in [6.45, 7) is 23.6. The zero-order valence-electron chi connectivity index (χ0n) is 39.4. The van der Waals surface area contributed by atoms with Crippen LogP contribution >= 0.6 is 0 Å². The molecule has 0 aliphatic heterocycles. The van der Waals surface area contributed by atoms with Crippen LogP contribution in [0.25, 0.3) is 0 Å². The number of pyridine rings is 3. The molecule has 0 aliphatic rings. The van der Waals surface area contributed by atoms with Gasteiger partial charge in [-0.05, 0) is 98.3 Å². The van der Waals surface area contributed by atoms with Gasteiger partial charge in [-0.1, -0.05) is 0 Å². The van der Waals surface area contributed by atoms with Gasteiger partial charge in [-0.2, -0.15) is 0 Å². The van der Waals surface area contributed by atoms with Crippen LogP contribution in [0.1, 0.15) is 79.0 Å². The topological polar surface area (TPSA) is 164 Å². The van der Waals surface area contributed by atoms with Crippen LogP contribution in [0.15, 0.2) is 73.6 Å². The maximum Gasteiger partial charge on any atom is 0.501 e. The molecule has 15 nitrogen and oxygen atoms in total. The molecule has 0 aromatic carbocycles. The van der Waals surface area contributed by atoms with Crippen LogP contribution in [-0.2, 0) is 80.2 Å². The van der Waals surface area contributed by atoms with Crippen molar-refractivity contribution in [1.82, 2.24) is 0 Å². The minimum atomic E-state index is -2.92. The second-order valence-corrected chi connectivity index (χ2v) is 21.5. The van der Waals surface area contributed by atoms with E-state index in [0.29, 0.717) is 59.5 Å². The Morgan fingerprint density at radius 1 is 0.361 bits per heavy atom. The number of nitrogens with zero attached hydrogens (tertiary/aromatic N) is 3. The summed E-state index contributed by atoms with van der Waals surface area (Å²) < 4.78 is 58.7. The van der Waals surface area contributed by atoms with Crippen molar-refractivity contribution in [3.63, 3.8) is 0 Å². The van der Waals surface area contributed by atoms with Crippen molar-refractivity contribution in [3.05, 3.63) is 90.3 Å². The van der Waals surface area contributed by atoms with Crippen LogP contribution in [0, 0.1) is 0 Å². The SMILES string of the molecule is CCO[Si](CCc1cc[n+](C)cc1)(OCC)OCC.CCO[Si](CCc1cc[n+](C)cc1)(OCC)OCC.CCO[Si](CCc1cc[n+](C)cc1)(OCC)OCC.[O-]B([O-])[O-]. The van der Waals surface area contributed by atoms with Crippen molar-refractivity contribution in [2.75, 3.05) is 59.5 Å². The van der Waals surface area contributed by atoms with Gasteiger partial charge in [-0.15, -0.1) is 0 Å². The van der Waals surface area contributed by atoms with Crippen LogP contribution in [0.4, 0.5) is 0 Å². The molecule has 0 N–H and O–H groups in total. The Balaban J connectivity index is 0.000000846. The maximum atomic E-state index is 8.42. The number of aromatic nitrogens is 3. The molecule has 0 aliphatic carbocycles. The molecule has 3 aromatic rings. The van der Waals surface area contributed by atoms with Crippen LogP contribution in [-0.4, -0.2) is 93.2 Å². The molecule has 348 valence electrons. The predicted octanol–water partition coefficient (Wildman–Crippen LogP) is 2.36. The lowest BCUT2D eigenvalue weighted by molar-refractivity contribution is -0.671. The molecule has 61 heavy (non-hydrogen) atoms. The van der Waals surface area contributed by atoms with Crippen molar-refractivity contribution in [3.8, 4) is 0 Å². The van der Waals surface area contributed by atoms with Gasteiger partial charge in [0, 0.05) is 114 Å². The molecule has 3 heterocycles. The van der Waals surface area contributed by atoms with Crippen molar-refractivity contribution in [2.45, 2.75) is 99.7 Å². The first-order chi connectivity index (χ1) is 29.2. The Labute approximate surface area is 371 Å². The van der Waals surface area contributed by atoms with E-state index in [2.05, 4.69) is 73.6 Å². The van der Waals surface area contributed by atoms with E-state index >= 15 is 0 Å². The van der Waals surface area contributed by atoms with E-state index in [0.717, 1.165) is 37.4 Å². The molecule has 3 rings (SSSR count). The van der Waals surface area contributed by atoms with Crippen molar-refractivity contribution >= 4 is 33.7 Å². The lowest BCUT2D eigenvalue weighted by Crippen LogP contribution is -2.56. The van der Waals surface area contributed by atoms with Crippen LogP contribution in [0.2, 0.25) is 18.1 Å². The van der Waals surface area contributed by atoms with Gasteiger partial charge in [0.05, 0.1) is 0 Å². The third-order valence-electron chi connectivity index (χ3n) is 8.58. The number of hydrogen-bond acceptors (Lipinski definition) is 12. The third kappa shape index (κ3) is 26.8. The minimum Gasteiger partial charge on any atom is -0.907 e. The van der Waals surface area contributed by atoms with Gasteiger partial charge >= 0.3 is 26.4 Å². The smallest absolute Gasteiger partial charge is 0.501 e. The molecular weight excluding hydrogens is 834 g/mol. The first-order valence-corrected chi connectivity index (χ1v) is 27.5. The van der Waals surface area contributed by atoms with Crippen molar-refractivity contribution in [1.29, 1.82) is 0 Å². The van der Waals surface area contributed by atoms with Crippen molar-refractivity contribution in [2.24, 2.45) is 21.1 Å². The Bertz CT molecular complexity index is 1250. The van der Waals surface area contributed by atoms with Crippen molar-refractivity contribution < 1.29 is 68.6 Å². The molecule has 0 saturated heterocycles. The molecule has 3 aromatic heterocycles. The Hall–Kier alpha value is -2.31. The second kappa shape index (κ2) is 35.1. The molecule has 0 bridgehead atoms. The van der Waals surface area contributed by atoms with E-state index in [1.54, 1.807) is 0 Å². The third-order valence-corrected chi connectivity index (χ3v) is 17.7. The van der Waals surface area contributed by atoms with Crippen LogP contribution in [0.3, 0.4) is 0 Å². The van der Waals surface area contributed by atoms with Gasteiger partial charge in [0.15, 0.2) is 37.2 Å². The molecule has 0 spiro atoms. The second-order valence-electron chi connectivity index (χ2n) is 13.4. The van der Waals surface area contributed by atoms with Gasteiger partial charge in [-0.25, -0.2) is 13.7 Å². The van der Waals surface area contributed by atoms with Gasteiger partial charge in [0.2, 0.25) is 0 Å². The highest BCUT2D eigenvalue weighted by Crippen LogP contribution is 2.21. The first-order valence-electron chi connectivity index (χ1n) is 21.8. The Morgan fingerprint density at radius 2 is 0.508 bits per heavy atom. The largest absolute Gasteiger partial charge is 0.907 e. The Kier molecular flexibility index (Phi) is 33.8. The monoisotopic (exact) mass is 911 g/mol. The van der Waals surface area contributed by atoms with E-state index in [4.69, 9.17) is 54.9 Å². The normalized spacial score (nSPS) is 11.5. The molecule has 0 amide bonds. The van der Waals surface area contributed by atoms with Gasteiger partial charge in [0.25, 0.3) is 0 Å². The average Bonchev–Trinajstić information content (AvgIpc) is 3.22. The van der Waals surface area contributed by atoms with E-state index in [1.165, 1.54) is 16.7 Å². The molecule has 0 unspecified atom stereocenters. The molecule has 0 saturated carbocycles. The fourth-order valence-electron chi connectivity index (χ4n) is 5.99. The number of hydrogen-bond donors (Lipinski definition) is 0. The summed E-state index contributed by atoms with van der Waals surface area (Å²) in [7, 11) is -4.36. The first kappa shape index (κ1) is 58.7. The predicted molar refractivity (Wildman–Crippen MR) is 236 cm³/mol. The minimum absolute atomic E-state index is 0.635. The zero-order chi connectivity index (χ0) is 46.0.